The van der Waals surface area contributed by atoms with Gasteiger partial charge in [0.15, 0.2) is 5.69 Å². The SMILES string of the molecule is Cc1c(F)cccc1NC(=O)N1CCC[C@H]1Cn1cc(C(=O)NC2CCCC2)nn1. The molecule has 3 amide bonds. The van der Waals surface area contributed by atoms with Crippen LogP contribution in [0.25, 0.3) is 0 Å². The normalized spacial score (nSPS) is 19.3. The predicted octanol–water partition coefficient (Wildman–Crippen LogP) is 3.09. The number of likely N-dealkylation sites (tertiary alicyclic amines) is 1. The second-order valence-corrected chi connectivity index (χ2v) is 8.11. The second kappa shape index (κ2) is 8.81. The first-order valence-corrected chi connectivity index (χ1v) is 10.5. The van der Waals surface area contributed by atoms with Gasteiger partial charge in [0.2, 0.25) is 0 Å². The molecule has 30 heavy (non-hydrogen) atoms. The van der Waals surface area contributed by atoms with E-state index in [0.717, 1.165) is 38.5 Å². The lowest BCUT2D eigenvalue weighted by molar-refractivity contribution is 0.0932. The van der Waals surface area contributed by atoms with Gasteiger partial charge in [-0.3, -0.25) is 4.79 Å². The molecule has 2 N–H and O–H groups in total. The van der Waals surface area contributed by atoms with Gasteiger partial charge in [-0.15, -0.1) is 5.10 Å². The lowest BCUT2D eigenvalue weighted by Gasteiger charge is -2.25. The third-order valence-electron chi connectivity index (χ3n) is 6.01. The van der Waals surface area contributed by atoms with Crippen molar-refractivity contribution in [1.82, 2.24) is 25.2 Å². The van der Waals surface area contributed by atoms with E-state index < -0.39 is 0 Å². The van der Waals surface area contributed by atoms with Crippen molar-refractivity contribution in [3.8, 4) is 0 Å². The number of hydrogen-bond donors (Lipinski definition) is 2. The largest absolute Gasteiger partial charge is 0.348 e. The number of nitrogens with one attached hydrogen (secondary N) is 2. The van der Waals surface area contributed by atoms with Crippen molar-refractivity contribution in [3.05, 3.63) is 41.5 Å². The maximum Gasteiger partial charge on any atom is 0.322 e. The van der Waals surface area contributed by atoms with Crippen LogP contribution in [0, 0.1) is 12.7 Å². The maximum absolute atomic E-state index is 13.8. The van der Waals surface area contributed by atoms with Crippen LogP contribution < -0.4 is 10.6 Å². The van der Waals surface area contributed by atoms with Gasteiger partial charge in [-0.05, 0) is 44.7 Å². The number of aromatic nitrogens is 3. The van der Waals surface area contributed by atoms with E-state index in [1.54, 1.807) is 34.8 Å². The first-order valence-electron chi connectivity index (χ1n) is 10.5. The summed E-state index contributed by atoms with van der Waals surface area (Å²) in [5.41, 5.74) is 1.18. The van der Waals surface area contributed by atoms with Gasteiger partial charge < -0.3 is 15.5 Å². The van der Waals surface area contributed by atoms with Crippen LogP contribution in [-0.2, 0) is 6.54 Å². The molecular formula is C21H27FN6O2. The highest BCUT2D eigenvalue weighted by Crippen LogP contribution is 2.23. The molecule has 1 saturated carbocycles. The molecule has 160 valence electrons. The summed E-state index contributed by atoms with van der Waals surface area (Å²) in [5, 5.41) is 13.9. The van der Waals surface area contributed by atoms with Gasteiger partial charge in [0.05, 0.1) is 18.8 Å². The van der Waals surface area contributed by atoms with E-state index in [2.05, 4.69) is 20.9 Å². The fourth-order valence-electron chi connectivity index (χ4n) is 4.26. The Labute approximate surface area is 174 Å². The Morgan fingerprint density at radius 3 is 2.80 bits per heavy atom. The average molecular weight is 414 g/mol. The quantitative estimate of drug-likeness (QED) is 0.786. The minimum absolute atomic E-state index is 0.0636. The lowest BCUT2D eigenvalue weighted by atomic mass is 10.2. The van der Waals surface area contributed by atoms with Crippen LogP contribution >= 0.6 is 0 Å². The number of carbonyl (C=O) groups excluding carboxylic acids is 2. The van der Waals surface area contributed by atoms with Crippen molar-refractivity contribution >= 4 is 17.6 Å². The number of urea groups is 1. The van der Waals surface area contributed by atoms with Gasteiger partial charge >= 0.3 is 6.03 Å². The molecule has 9 heteroatoms. The summed E-state index contributed by atoms with van der Waals surface area (Å²) in [5.74, 6) is -0.549. The number of amides is 3. The van der Waals surface area contributed by atoms with E-state index in [1.807, 2.05) is 0 Å². The third kappa shape index (κ3) is 4.44. The van der Waals surface area contributed by atoms with Crippen LogP contribution in [0.4, 0.5) is 14.9 Å². The van der Waals surface area contributed by atoms with Crippen molar-refractivity contribution in [2.45, 2.75) is 64.1 Å². The van der Waals surface area contributed by atoms with Crippen molar-refractivity contribution < 1.29 is 14.0 Å². The summed E-state index contributed by atoms with van der Waals surface area (Å²) in [6.45, 7) is 2.72. The molecule has 4 rings (SSSR count). The number of carbonyl (C=O) groups is 2. The number of hydrogen-bond acceptors (Lipinski definition) is 4. The molecule has 2 aliphatic rings. The van der Waals surface area contributed by atoms with Gasteiger partial charge in [0.25, 0.3) is 5.91 Å². The Morgan fingerprint density at radius 2 is 2.00 bits per heavy atom. The summed E-state index contributed by atoms with van der Waals surface area (Å²) in [6, 6.07) is 4.54. The molecule has 0 unspecified atom stereocenters. The minimum atomic E-state index is -0.350. The summed E-state index contributed by atoms with van der Waals surface area (Å²) in [7, 11) is 0. The summed E-state index contributed by atoms with van der Waals surface area (Å²) >= 11 is 0. The van der Waals surface area contributed by atoms with Crippen molar-refractivity contribution in [3.63, 3.8) is 0 Å². The molecule has 1 aliphatic heterocycles. The predicted molar refractivity (Wildman–Crippen MR) is 110 cm³/mol. The van der Waals surface area contributed by atoms with Gasteiger partial charge in [-0.1, -0.05) is 24.1 Å². The van der Waals surface area contributed by atoms with Crippen molar-refractivity contribution in [2.75, 3.05) is 11.9 Å². The highest BCUT2D eigenvalue weighted by molar-refractivity contribution is 5.92. The summed E-state index contributed by atoms with van der Waals surface area (Å²) in [4.78, 5) is 26.9. The number of nitrogens with zero attached hydrogens (tertiary/aromatic N) is 4. The van der Waals surface area contributed by atoms with Crippen molar-refractivity contribution in [2.24, 2.45) is 0 Å². The van der Waals surface area contributed by atoms with E-state index in [0.29, 0.717) is 30.0 Å². The summed E-state index contributed by atoms with van der Waals surface area (Å²) < 4.78 is 15.4. The van der Waals surface area contributed by atoms with Gasteiger partial charge in [0, 0.05) is 23.8 Å². The molecule has 2 fully saturated rings. The Balaban J connectivity index is 1.37. The highest BCUT2D eigenvalue weighted by Gasteiger charge is 2.30. The lowest BCUT2D eigenvalue weighted by Crippen LogP contribution is -2.41. The Kier molecular flexibility index (Phi) is 5.96. The highest BCUT2D eigenvalue weighted by atomic mass is 19.1. The molecule has 0 spiro atoms. The van der Waals surface area contributed by atoms with Crippen LogP contribution in [0.1, 0.15) is 54.6 Å². The van der Waals surface area contributed by atoms with Gasteiger partial charge in [0.1, 0.15) is 5.82 Å². The van der Waals surface area contributed by atoms with E-state index in [9.17, 15) is 14.0 Å². The molecule has 1 aromatic carbocycles. The average Bonchev–Trinajstić information content (AvgIpc) is 3.48. The second-order valence-electron chi connectivity index (χ2n) is 8.11. The number of anilines is 1. The molecule has 1 saturated heterocycles. The van der Waals surface area contributed by atoms with Crippen LogP contribution in [0.15, 0.2) is 24.4 Å². The van der Waals surface area contributed by atoms with Gasteiger partial charge in [-0.2, -0.15) is 0 Å². The third-order valence-corrected chi connectivity index (χ3v) is 6.01. The minimum Gasteiger partial charge on any atom is -0.348 e. The molecule has 2 heterocycles. The number of rotatable bonds is 5. The fraction of sp³-hybridized carbons (Fsp3) is 0.524. The van der Waals surface area contributed by atoms with Crippen LogP contribution in [-0.4, -0.2) is 50.5 Å². The van der Waals surface area contributed by atoms with Crippen LogP contribution in [0.3, 0.4) is 0 Å². The fourth-order valence-corrected chi connectivity index (χ4v) is 4.26. The zero-order valence-corrected chi connectivity index (χ0v) is 17.1. The van der Waals surface area contributed by atoms with Crippen LogP contribution in [0.5, 0.6) is 0 Å². The maximum atomic E-state index is 13.8. The monoisotopic (exact) mass is 414 g/mol. The van der Waals surface area contributed by atoms with Crippen LogP contribution in [0.2, 0.25) is 0 Å². The molecule has 1 aromatic heterocycles. The standard InChI is InChI=1S/C21H27FN6O2/c1-14-17(22)9-4-10-18(14)24-21(30)28-11-5-8-16(28)12-27-13-19(25-26-27)20(29)23-15-6-2-3-7-15/h4,9-10,13,15-16H,2-3,5-8,11-12H2,1H3,(H,23,29)(H,24,30)/t16-/m0/s1. The zero-order valence-electron chi connectivity index (χ0n) is 17.1. The molecule has 8 nitrogen and oxygen atoms in total. The first kappa shape index (κ1) is 20.3. The number of halogens is 1. The zero-order chi connectivity index (χ0) is 21.1. The first-order chi connectivity index (χ1) is 14.5. The van der Waals surface area contributed by atoms with E-state index in [4.69, 9.17) is 0 Å². The summed E-state index contributed by atoms with van der Waals surface area (Å²) in [6.07, 6.45) is 7.66. The molecular weight excluding hydrogens is 387 g/mol. The van der Waals surface area contributed by atoms with Crippen molar-refractivity contribution in [1.29, 1.82) is 0 Å². The molecule has 1 aliphatic carbocycles. The molecule has 2 aromatic rings. The molecule has 0 bridgehead atoms. The van der Waals surface area contributed by atoms with E-state index >= 15 is 0 Å². The topological polar surface area (TPSA) is 92.2 Å². The Bertz CT molecular complexity index is 924. The smallest absolute Gasteiger partial charge is 0.322 e. The molecule has 1 atom stereocenters. The van der Waals surface area contributed by atoms with E-state index in [-0.39, 0.29) is 29.8 Å². The Hall–Kier alpha value is -2.97. The van der Waals surface area contributed by atoms with Gasteiger partial charge in [-0.25, -0.2) is 13.9 Å². The molecule has 0 radical (unpaired) electrons. The Morgan fingerprint density at radius 1 is 1.20 bits per heavy atom. The van der Waals surface area contributed by atoms with E-state index in [1.165, 1.54) is 6.07 Å². The number of benzene rings is 1.